The van der Waals surface area contributed by atoms with Crippen molar-refractivity contribution in [1.29, 1.82) is 0 Å². The maximum absolute atomic E-state index is 9.85. The fourth-order valence-electron chi connectivity index (χ4n) is 3.85. The number of fused-ring (bicyclic) bond motifs is 2. The Labute approximate surface area is 153 Å². The molecule has 0 aliphatic carbocycles. The molecule has 0 fully saturated rings. The van der Waals surface area contributed by atoms with Gasteiger partial charge in [0, 0.05) is 49.8 Å². The second kappa shape index (κ2) is 6.87. The Morgan fingerprint density at radius 2 is 2.04 bits per heavy atom. The van der Waals surface area contributed by atoms with E-state index in [1.54, 1.807) is 0 Å². The lowest BCUT2D eigenvalue weighted by atomic mass is 10.2. The zero-order valence-electron chi connectivity index (χ0n) is 15.4. The molecule has 138 valence electrons. The lowest BCUT2D eigenvalue weighted by Gasteiger charge is -2.20. The number of hydrogen-bond acceptors (Lipinski definition) is 4. The van der Waals surface area contributed by atoms with E-state index in [0.717, 1.165) is 38.3 Å². The molecule has 0 radical (unpaired) electrons. The van der Waals surface area contributed by atoms with Gasteiger partial charge < -0.3 is 14.8 Å². The van der Waals surface area contributed by atoms with Crippen molar-refractivity contribution in [3.8, 4) is 0 Å². The summed E-state index contributed by atoms with van der Waals surface area (Å²) in [5.74, 6) is 0. The topological polar surface area (TPSA) is 66.5 Å². The third kappa shape index (κ3) is 3.16. The fourth-order valence-corrected chi connectivity index (χ4v) is 3.85. The number of aliphatic hydroxyl groups excluding tert-OH is 2. The van der Waals surface area contributed by atoms with Crippen LogP contribution in [0.4, 0.5) is 0 Å². The van der Waals surface area contributed by atoms with Gasteiger partial charge in [-0.3, -0.25) is 9.58 Å². The number of nitrogens with zero attached hydrogens (tertiary/aromatic N) is 4. The second-order valence-electron chi connectivity index (χ2n) is 7.30. The van der Waals surface area contributed by atoms with Crippen LogP contribution in [-0.4, -0.2) is 42.6 Å². The first kappa shape index (κ1) is 17.3. The molecule has 0 unspecified atom stereocenters. The van der Waals surface area contributed by atoms with Crippen molar-refractivity contribution < 1.29 is 10.2 Å². The van der Waals surface area contributed by atoms with Gasteiger partial charge in [-0.2, -0.15) is 5.10 Å². The molecule has 1 aliphatic rings. The largest absolute Gasteiger partial charge is 0.393 e. The summed E-state index contributed by atoms with van der Waals surface area (Å²) in [5, 5.41) is 24.8. The highest BCUT2D eigenvalue weighted by Gasteiger charge is 2.20. The molecule has 0 saturated carbocycles. The third-order valence-corrected chi connectivity index (χ3v) is 5.31. The molecule has 0 saturated heterocycles. The molecule has 3 aromatic rings. The van der Waals surface area contributed by atoms with E-state index in [9.17, 15) is 5.11 Å². The Hall–Kier alpha value is -2.15. The average Bonchev–Trinajstić information content (AvgIpc) is 3.09. The van der Waals surface area contributed by atoms with Gasteiger partial charge in [0.1, 0.15) is 6.10 Å². The quantitative estimate of drug-likeness (QED) is 0.753. The summed E-state index contributed by atoms with van der Waals surface area (Å²) >= 11 is 0. The van der Waals surface area contributed by atoms with Gasteiger partial charge in [0.05, 0.1) is 18.0 Å². The molecule has 2 aromatic heterocycles. The maximum Gasteiger partial charge on any atom is 0.121 e. The van der Waals surface area contributed by atoms with Crippen LogP contribution < -0.4 is 0 Å². The van der Waals surface area contributed by atoms with Crippen LogP contribution in [0, 0.1) is 6.92 Å². The van der Waals surface area contributed by atoms with Crippen LogP contribution in [-0.2, 0) is 26.7 Å². The SMILES string of the molecule is Cc1ccc2c(c1)cc(CN1CCCn3nc([C@H](O)CO)cc3C1)n2C. The van der Waals surface area contributed by atoms with Crippen LogP contribution in [0.5, 0.6) is 0 Å². The number of rotatable bonds is 4. The Morgan fingerprint density at radius 3 is 2.85 bits per heavy atom. The molecule has 1 aliphatic heterocycles. The first-order chi connectivity index (χ1) is 12.5. The molecule has 2 N–H and O–H groups in total. The van der Waals surface area contributed by atoms with E-state index in [1.807, 2.05) is 10.7 Å². The van der Waals surface area contributed by atoms with Gasteiger partial charge in [0.2, 0.25) is 0 Å². The molecule has 1 aromatic carbocycles. The van der Waals surface area contributed by atoms with Crippen LogP contribution in [0.15, 0.2) is 30.3 Å². The summed E-state index contributed by atoms with van der Waals surface area (Å²) < 4.78 is 4.25. The van der Waals surface area contributed by atoms with E-state index >= 15 is 0 Å². The molecule has 0 amide bonds. The maximum atomic E-state index is 9.85. The number of hydrogen-bond donors (Lipinski definition) is 2. The Balaban J connectivity index is 1.57. The highest BCUT2D eigenvalue weighted by Crippen LogP contribution is 2.23. The normalized spacial score (nSPS) is 16.6. The van der Waals surface area contributed by atoms with E-state index in [4.69, 9.17) is 5.11 Å². The predicted molar refractivity (Wildman–Crippen MR) is 101 cm³/mol. The average molecular weight is 354 g/mol. The first-order valence-electron chi connectivity index (χ1n) is 9.18. The summed E-state index contributed by atoms with van der Waals surface area (Å²) in [4.78, 5) is 2.43. The molecule has 1 atom stereocenters. The highest BCUT2D eigenvalue weighted by atomic mass is 16.3. The summed E-state index contributed by atoms with van der Waals surface area (Å²) in [6.45, 7) is 5.37. The van der Waals surface area contributed by atoms with Crippen molar-refractivity contribution in [2.45, 2.75) is 39.1 Å². The van der Waals surface area contributed by atoms with Crippen molar-refractivity contribution in [1.82, 2.24) is 19.2 Å². The molecule has 6 nitrogen and oxygen atoms in total. The van der Waals surface area contributed by atoms with Crippen molar-refractivity contribution in [3.05, 3.63) is 53.0 Å². The minimum Gasteiger partial charge on any atom is -0.393 e. The minimum atomic E-state index is -0.899. The molecule has 26 heavy (non-hydrogen) atoms. The molecule has 3 heterocycles. The standard InChI is InChI=1S/C20H26N4O2/c1-14-4-5-19-15(8-14)9-16(22(19)2)11-23-6-3-7-24-17(12-23)10-18(21-24)20(26)13-25/h4-5,8-10,20,25-26H,3,6-7,11-13H2,1-2H3/t20-/m1/s1. The van der Waals surface area contributed by atoms with Gasteiger partial charge in [0.25, 0.3) is 0 Å². The first-order valence-corrected chi connectivity index (χ1v) is 9.18. The fraction of sp³-hybridized carbons (Fsp3) is 0.450. The zero-order valence-corrected chi connectivity index (χ0v) is 15.4. The molecule has 4 rings (SSSR count). The summed E-state index contributed by atoms with van der Waals surface area (Å²) in [5.41, 5.74) is 5.50. The Kier molecular flexibility index (Phi) is 4.56. The van der Waals surface area contributed by atoms with Crippen molar-refractivity contribution >= 4 is 10.9 Å². The molecule has 6 heteroatoms. The number of aryl methyl sites for hydroxylation is 3. The van der Waals surface area contributed by atoms with E-state index in [-0.39, 0.29) is 6.61 Å². The molecular formula is C20H26N4O2. The van der Waals surface area contributed by atoms with Gasteiger partial charge >= 0.3 is 0 Å². The van der Waals surface area contributed by atoms with Gasteiger partial charge in [0.15, 0.2) is 0 Å². The Bertz CT molecular complexity index is 927. The van der Waals surface area contributed by atoms with Crippen molar-refractivity contribution in [2.24, 2.45) is 7.05 Å². The highest BCUT2D eigenvalue weighted by molar-refractivity contribution is 5.82. The number of aromatic nitrogens is 3. The monoisotopic (exact) mass is 354 g/mol. The summed E-state index contributed by atoms with van der Waals surface area (Å²) in [7, 11) is 2.13. The van der Waals surface area contributed by atoms with Crippen LogP contribution in [0.1, 0.15) is 35.2 Å². The summed E-state index contributed by atoms with van der Waals surface area (Å²) in [6.07, 6.45) is 0.121. The van der Waals surface area contributed by atoms with Crippen LogP contribution >= 0.6 is 0 Å². The van der Waals surface area contributed by atoms with E-state index < -0.39 is 6.10 Å². The van der Waals surface area contributed by atoms with Gasteiger partial charge in [-0.25, -0.2) is 0 Å². The van der Waals surface area contributed by atoms with Crippen LogP contribution in [0.25, 0.3) is 10.9 Å². The third-order valence-electron chi connectivity index (χ3n) is 5.31. The Morgan fingerprint density at radius 1 is 1.19 bits per heavy atom. The number of benzene rings is 1. The van der Waals surface area contributed by atoms with Crippen molar-refractivity contribution in [2.75, 3.05) is 13.2 Å². The van der Waals surface area contributed by atoms with E-state index in [0.29, 0.717) is 5.69 Å². The van der Waals surface area contributed by atoms with Crippen molar-refractivity contribution in [3.63, 3.8) is 0 Å². The molecular weight excluding hydrogens is 328 g/mol. The number of aliphatic hydroxyl groups is 2. The minimum absolute atomic E-state index is 0.296. The molecule has 0 bridgehead atoms. The van der Waals surface area contributed by atoms with Crippen LogP contribution in [0.3, 0.4) is 0 Å². The van der Waals surface area contributed by atoms with E-state index in [2.05, 4.69) is 52.8 Å². The van der Waals surface area contributed by atoms with E-state index in [1.165, 1.54) is 22.2 Å². The van der Waals surface area contributed by atoms with Gasteiger partial charge in [-0.05, 0) is 37.6 Å². The van der Waals surface area contributed by atoms with Gasteiger partial charge in [-0.1, -0.05) is 11.6 Å². The zero-order chi connectivity index (χ0) is 18.3. The lowest BCUT2D eigenvalue weighted by Crippen LogP contribution is -2.24. The second-order valence-corrected chi connectivity index (χ2v) is 7.30. The summed E-state index contributed by atoms with van der Waals surface area (Å²) in [6, 6.07) is 10.8. The van der Waals surface area contributed by atoms with Gasteiger partial charge in [-0.15, -0.1) is 0 Å². The smallest absolute Gasteiger partial charge is 0.121 e. The predicted octanol–water partition coefficient (Wildman–Crippen LogP) is 2.11. The molecule has 0 spiro atoms. The lowest BCUT2D eigenvalue weighted by molar-refractivity contribution is 0.0916. The van der Waals surface area contributed by atoms with Crippen LogP contribution in [0.2, 0.25) is 0 Å².